The molecule has 0 aromatic carbocycles. The third kappa shape index (κ3) is 2.91. The SMILES string of the molecule is CC1CC(C)CC(C(=O)C(F)(F)Cl)C1. The zero-order chi connectivity index (χ0) is 10.9. The Morgan fingerprint density at radius 1 is 1.21 bits per heavy atom. The predicted molar refractivity (Wildman–Crippen MR) is 51.5 cm³/mol. The van der Waals surface area contributed by atoms with Crippen molar-refractivity contribution in [2.45, 2.75) is 38.5 Å². The molecule has 0 spiro atoms. The maximum absolute atomic E-state index is 12.6. The lowest BCUT2D eigenvalue weighted by Gasteiger charge is -2.31. The molecular formula is C10H15ClF2O. The molecule has 1 rings (SSSR count). The van der Waals surface area contributed by atoms with E-state index in [9.17, 15) is 13.6 Å². The van der Waals surface area contributed by atoms with Crippen molar-refractivity contribution < 1.29 is 13.6 Å². The van der Waals surface area contributed by atoms with E-state index in [1.165, 1.54) is 0 Å². The molecule has 0 saturated heterocycles. The normalized spacial score (nSPS) is 34.2. The van der Waals surface area contributed by atoms with Crippen molar-refractivity contribution in [2.24, 2.45) is 17.8 Å². The van der Waals surface area contributed by atoms with Gasteiger partial charge in [0.25, 0.3) is 0 Å². The minimum Gasteiger partial charge on any atom is -0.291 e. The summed E-state index contributed by atoms with van der Waals surface area (Å²) in [5, 5.41) is -3.68. The van der Waals surface area contributed by atoms with Crippen molar-refractivity contribution in [3.63, 3.8) is 0 Å². The number of hydrogen-bond acceptors (Lipinski definition) is 1. The lowest BCUT2D eigenvalue weighted by Crippen LogP contribution is -2.34. The van der Waals surface area contributed by atoms with Crippen molar-refractivity contribution in [1.29, 1.82) is 0 Å². The highest BCUT2D eigenvalue weighted by Crippen LogP contribution is 2.37. The molecular weight excluding hydrogens is 210 g/mol. The Balaban J connectivity index is 2.64. The fraction of sp³-hybridized carbons (Fsp3) is 0.900. The average molecular weight is 225 g/mol. The van der Waals surface area contributed by atoms with Gasteiger partial charge in [0.05, 0.1) is 0 Å². The van der Waals surface area contributed by atoms with Crippen LogP contribution in [0.3, 0.4) is 0 Å². The van der Waals surface area contributed by atoms with Crippen molar-refractivity contribution >= 4 is 17.4 Å². The van der Waals surface area contributed by atoms with Gasteiger partial charge in [-0.2, -0.15) is 8.78 Å². The Kier molecular flexibility index (Phi) is 3.51. The number of ketones is 1. The van der Waals surface area contributed by atoms with Gasteiger partial charge in [-0.25, -0.2) is 0 Å². The first kappa shape index (κ1) is 11.9. The van der Waals surface area contributed by atoms with Gasteiger partial charge in [-0.15, -0.1) is 0 Å². The Hall–Kier alpha value is -0.180. The lowest BCUT2D eigenvalue weighted by molar-refractivity contribution is -0.139. The van der Waals surface area contributed by atoms with E-state index in [-0.39, 0.29) is 0 Å². The quantitative estimate of drug-likeness (QED) is 0.657. The van der Waals surface area contributed by atoms with Gasteiger partial charge >= 0.3 is 5.38 Å². The molecule has 0 aromatic heterocycles. The van der Waals surface area contributed by atoms with Crippen LogP contribution in [0.25, 0.3) is 0 Å². The number of Topliss-reactive ketones (excluding diaryl/α,β-unsaturated/α-hetero) is 1. The Bertz CT molecular complexity index is 215. The zero-order valence-electron chi connectivity index (χ0n) is 8.40. The van der Waals surface area contributed by atoms with E-state index in [1.807, 2.05) is 13.8 Å². The van der Waals surface area contributed by atoms with Gasteiger partial charge in [0.2, 0.25) is 5.78 Å². The first-order valence-corrected chi connectivity index (χ1v) is 5.29. The van der Waals surface area contributed by atoms with E-state index >= 15 is 0 Å². The third-order valence-corrected chi connectivity index (χ3v) is 3.01. The number of halogens is 3. The van der Waals surface area contributed by atoms with Gasteiger partial charge in [-0.05, 0) is 42.7 Å². The van der Waals surface area contributed by atoms with Gasteiger partial charge in [0.1, 0.15) is 0 Å². The van der Waals surface area contributed by atoms with Gasteiger partial charge < -0.3 is 0 Å². The van der Waals surface area contributed by atoms with Crippen molar-refractivity contribution in [1.82, 2.24) is 0 Å². The molecule has 4 heteroatoms. The summed E-state index contributed by atoms with van der Waals surface area (Å²) in [7, 11) is 0. The van der Waals surface area contributed by atoms with Gasteiger partial charge in [-0.3, -0.25) is 4.79 Å². The highest BCUT2D eigenvalue weighted by atomic mass is 35.5. The molecule has 2 atom stereocenters. The molecule has 0 bridgehead atoms. The summed E-state index contributed by atoms with van der Waals surface area (Å²) in [6.45, 7) is 3.98. The lowest BCUT2D eigenvalue weighted by atomic mass is 9.75. The van der Waals surface area contributed by atoms with Crippen LogP contribution < -0.4 is 0 Å². The smallest absolute Gasteiger partial charge is 0.291 e. The number of rotatable bonds is 2. The number of alkyl halides is 3. The van der Waals surface area contributed by atoms with E-state index < -0.39 is 17.1 Å². The molecule has 0 N–H and O–H groups in total. The van der Waals surface area contributed by atoms with Gasteiger partial charge in [0, 0.05) is 5.92 Å². The molecule has 1 saturated carbocycles. The summed E-state index contributed by atoms with van der Waals surface area (Å²) in [6, 6.07) is 0. The van der Waals surface area contributed by atoms with Crippen molar-refractivity contribution in [3.05, 3.63) is 0 Å². The van der Waals surface area contributed by atoms with Crippen LogP contribution in [0.2, 0.25) is 0 Å². The van der Waals surface area contributed by atoms with E-state index in [2.05, 4.69) is 0 Å². The highest BCUT2D eigenvalue weighted by Gasteiger charge is 2.42. The van der Waals surface area contributed by atoms with Crippen LogP contribution in [0.1, 0.15) is 33.1 Å². The van der Waals surface area contributed by atoms with Gasteiger partial charge in [0.15, 0.2) is 0 Å². The summed E-state index contributed by atoms with van der Waals surface area (Å²) in [4.78, 5) is 11.2. The van der Waals surface area contributed by atoms with Crippen LogP contribution in [0.15, 0.2) is 0 Å². The van der Waals surface area contributed by atoms with E-state index in [4.69, 9.17) is 11.6 Å². The Morgan fingerprint density at radius 3 is 2.00 bits per heavy atom. The molecule has 0 aromatic rings. The second-order valence-corrected chi connectivity index (χ2v) is 4.95. The number of carbonyl (C=O) groups excluding carboxylic acids is 1. The maximum Gasteiger partial charge on any atom is 0.380 e. The average Bonchev–Trinajstić information content (AvgIpc) is 1.99. The first-order chi connectivity index (χ1) is 6.30. The topological polar surface area (TPSA) is 17.1 Å². The maximum atomic E-state index is 12.6. The Labute approximate surface area is 87.8 Å². The molecule has 1 aliphatic rings. The fourth-order valence-corrected chi connectivity index (χ4v) is 2.55. The summed E-state index contributed by atoms with van der Waals surface area (Å²) in [5.41, 5.74) is 0. The second kappa shape index (κ2) is 4.13. The second-order valence-electron chi connectivity index (χ2n) is 4.48. The van der Waals surface area contributed by atoms with E-state index in [1.54, 1.807) is 0 Å². The van der Waals surface area contributed by atoms with Gasteiger partial charge in [-0.1, -0.05) is 13.8 Å². The molecule has 0 radical (unpaired) electrons. The van der Waals surface area contributed by atoms with Crippen LogP contribution >= 0.6 is 11.6 Å². The standard InChI is InChI=1S/C10H15ClF2O/c1-6-3-7(2)5-8(4-6)9(14)10(11,12)13/h6-8H,3-5H2,1-2H3. The van der Waals surface area contributed by atoms with Crippen LogP contribution in [0.4, 0.5) is 8.78 Å². The molecule has 0 aliphatic heterocycles. The minimum atomic E-state index is -3.68. The van der Waals surface area contributed by atoms with E-state index in [0.717, 1.165) is 6.42 Å². The first-order valence-electron chi connectivity index (χ1n) is 4.91. The van der Waals surface area contributed by atoms with Crippen LogP contribution in [0, 0.1) is 17.8 Å². The third-order valence-electron chi connectivity index (χ3n) is 2.83. The van der Waals surface area contributed by atoms with E-state index in [0.29, 0.717) is 24.7 Å². The zero-order valence-corrected chi connectivity index (χ0v) is 9.15. The predicted octanol–water partition coefficient (Wildman–Crippen LogP) is 3.46. The molecule has 14 heavy (non-hydrogen) atoms. The van der Waals surface area contributed by atoms with Crippen LogP contribution in [-0.2, 0) is 4.79 Å². The van der Waals surface area contributed by atoms with Crippen molar-refractivity contribution in [2.75, 3.05) is 0 Å². The van der Waals surface area contributed by atoms with Crippen LogP contribution in [0.5, 0.6) is 0 Å². The summed E-state index contributed by atoms with van der Waals surface area (Å²) in [6.07, 6.45) is 2.11. The summed E-state index contributed by atoms with van der Waals surface area (Å²) >= 11 is 4.73. The Morgan fingerprint density at radius 2 is 1.64 bits per heavy atom. The number of hydrogen-bond donors (Lipinski definition) is 0. The molecule has 2 unspecified atom stereocenters. The fourth-order valence-electron chi connectivity index (χ4n) is 2.39. The summed E-state index contributed by atoms with van der Waals surface area (Å²) in [5.74, 6) is -0.975. The minimum absolute atomic E-state index is 0.340. The largest absolute Gasteiger partial charge is 0.380 e. The molecule has 1 fully saturated rings. The molecule has 0 heterocycles. The number of carbonyl (C=O) groups is 1. The van der Waals surface area contributed by atoms with Crippen LogP contribution in [-0.4, -0.2) is 11.2 Å². The highest BCUT2D eigenvalue weighted by molar-refractivity contribution is 6.32. The summed E-state index contributed by atoms with van der Waals surface area (Å²) < 4.78 is 25.1. The molecule has 82 valence electrons. The monoisotopic (exact) mass is 224 g/mol. The molecule has 1 nitrogen and oxygen atoms in total. The molecule has 0 amide bonds. The molecule has 1 aliphatic carbocycles. The van der Waals surface area contributed by atoms with Crippen molar-refractivity contribution in [3.8, 4) is 0 Å².